The molecule has 0 aliphatic carbocycles. The van der Waals surface area contributed by atoms with Crippen LogP contribution >= 0.6 is 0 Å². The summed E-state index contributed by atoms with van der Waals surface area (Å²) in [5, 5.41) is 17.5. The smallest absolute Gasteiger partial charge is 0.296 e. The number of rotatable bonds is 5. The SMILES string of the molecule is COc1cc(NC2CCNC2)c([N+](=O)[O-])cc1OC. The average Bonchev–Trinajstić information content (AvgIpc) is 2.90. The van der Waals surface area contributed by atoms with Crippen LogP contribution in [0.25, 0.3) is 0 Å². The molecular formula is C12H17N3O4. The number of hydrogen-bond acceptors (Lipinski definition) is 6. The molecule has 1 aromatic carbocycles. The zero-order chi connectivity index (χ0) is 13.8. The lowest BCUT2D eigenvalue weighted by molar-refractivity contribution is -0.384. The molecule has 1 fully saturated rings. The van der Waals surface area contributed by atoms with Gasteiger partial charge in [0.15, 0.2) is 11.5 Å². The largest absolute Gasteiger partial charge is 0.493 e. The van der Waals surface area contributed by atoms with Crippen molar-refractivity contribution in [1.82, 2.24) is 5.32 Å². The monoisotopic (exact) mass is 267 g/mol. The van der Waals surface area contributed by atoms with Crippen molar-refractivity contribution in [3.63, 3.8) is 0 Å². The van der Waals surface area contributed by atoms with Crippen molar-refractivity contribution in [2.75, 3.05) is 32.6 Å². The van der Waals surface area contributed by atoms with Gasteiger partial charge in [-0.15, -0.1) is 0 Å². The number of nitrogens with one attached hydrogen (secondary N) is 2. The highest BCUT2D eigenvalue weighted by molar-refractivity contribution is 5.68. The zero-order valence-corrected chi connectivity index (χ0v) is 10.9. The van der Waals surface area contributed by atoms with Gasteiger partial charge in [-0.1, -0.05) is 0 Å². The number of benzene rings is 1. The van der Waals surface area contributed by atoms with Crippen LogP contribution in [-0.2, 0) is 0 Å². The average molecular weight is 267 g/mol. The lowest BCUT2D eigenvalue weighted by Gasteiger charge is -2.15. The number of nitro benzene ring substituents is 1. The number of hydrogen-bond donors (Lipinski definition) is 2. The van der Waals surface area contributed by atoms with Crippen LogP contribution in [0.5, 0.6) is 11.5 Å². The van der Waals surface area contributed by atoms with Crippen molar-refractivity contribution < 1.29 is 14.4 Å². The second-order valence-corrected chi connectivity index (χ2v) is 4.32. The molecule has 0 aromatic heterocycles. The Morgan fingerprint density at radius 2 is 2.05 bits per heavy atom. The molecule has 1 atom stereocenters. The van der Waals surface area contributed by atoms with Crippen molar-refractivity contribution in [3.8, 4) is 11.5 Å². The van der Waals surface area contributed by atoms with Crippen LogP contribution in [0.1, 0.15) is 6.42 Å². The Morgan fingerprint density at radius 3 is 2.58 bits per heavy atom. The summed E-state index contributed by atoms with van der Waals surface area (Å²) in [4.78, 5) is 10.7. The molecule has 1 aliphatic rings. The standard InChI is InChI=1S/C12H17N3O4/c1-18-11-5-9(14-8-3-4-13-7-8)10(15(16)17)6-12(11)19-2/h5-6,8,13-14H,3-4,7H2,1-2H3. The lowest BCUT2D eigenvalue weighted by atomic mass is 10.2. The van der Waals surface area contributed by atoms with E-state index in [0.29, 0.717) is 17.2 Å². The Labute approximate surface area is 111 Å². The maximum atomic E-state index is 11.1. The number of anilines is 1. The normalized spacial score (nSPS) is 18.1. The zero-order valence-electron chi connectivity index (χ0n) is 10.9. The fourth-order valence-electron chi connectivity index (χ4n) is 2.13. The molecule has 0 amide bonds. The van der Waals surface area contributed by atoms with E-state index in [1.807, 2.05) is 0 Å². The van der Waals surface area contributed by atoms with Crippen molar-refractivity contribution in [2.45, 2.75) is 12.5 Å². The molecular weight excluding hydrogens is 250 g/mol. The van der Waals surface area contributed by atoms with Crippen LogP contribution in [0, 0.1) is 10.1 Å². The summed E-state index contributed by atoms with van der Waals surface area (Å²) >= 11 is 0. The molecule has 0 bridgehead atoms. The predicted octanol–water partition coefficient (Wildman–Crippen LogP) is 1.39. The maximum Gasteiger partial charge on any atom is 0.296 e. The van der Waals surface area contributed by atoms with E-state index in [2.05, 4.69) is 10.6 Å². The summed E-state index contributed by atoms with van der Waals surface area (Å²) in [5.74, 6) is 0.825. The summed E-state index contributed by atoms with van der Waals surface area (Å²) in [6.07, 6.45) is 0.936. The molecule has 104 valence electrons. The second-order valence-electron chi connectivity index (χ2n) is 4.32. The lowest BCUT2D eigenvalue weighted by Crippen LogP contribution is -2.22. The summed E-state index contributed by atoms with van der Waals surface area (Å²) in [7, 11) is 2.96. The van der Waals surface area contributed by atoms with Gasteiger partial charge in [-0.2, -0.15) is 0 Å². The van der Waals surface area contributed by atoms with Crippen molar-refractivity contribution in [2.24, 2.45) is 0 Å². The van der Waals surface area contributed by atoms with Gasteiger partial charge in [0.2, 0.25) is 0 Å². The first-order chi connectivity index (χ1) is 9.15. The first kappa shape index (κ1) is 13.4. The molecule has 0 saturated carbocycles. The highest BCUT2D eigenvalue weighted by Crippen LogP contribution is 2.38. The van der Waals surface area contributed by atoms with Gasteiger partial charge in [0, 0.05) is 18.7 Å². The van der Waals surface area contributed by atoms with Crippen LogP contribution < -0.4 is 20.1 Å². The Hall–Kier alpha value is -2.02. The third kappa shape index (κ3) is 2.87. The van der Waals surface area contributed by atoms with Gasteiger partial charge < -0.3 is 20.1 Å². The molecule has 7 nitrogen and oxygen atoms in total. The Morgan fingerprint density at radius 1 is 1.37 bits per heavy atom. The van der Waals surface area contributed by atoms with Crippen LogP contribution in [0.4, 0.5) is 11.4 Å². The molecule has 19 heavy (non-hydrogen) atoms. The summed E-state index contributed by atoms with van der Waals surface area (Å²) in [6.45, 7) is 1.71. The minimum absolute atomic E-state index is 0.00968. The maximum absolute atomic E-state index is 11.1. The Kier molecular flexibility index (Phi) is 4.06. The van der Waals surface area contributed by atoms with Gasteiger partial charge in [0.25, 0.3) is 5.69 Å². The van der Waals surface area contributed by atoms with Crippen LogP contribution in [0.3, 0.4) is 0 Å². The Bertz CT molecular complexity index is 472. The van der Waals surface area contributed by atoms with E-state index in [4.69, 9.17) is 9.47 Å². The van der Waals surface area contributed by atoms with Gasteiger partial charge in [0.05, 0.1) is 25.2 Å². The van der Waals surface area contributed by atoms with Crippen LogP contribution in [0.15, 0.2) is 12.1 Å². The highest BCUT2D eigenvalue weighted by Gasteiger charge is 2.23. The van der Waals surface area contributed by atoms with E-state index in [-0.39, 0.29) is 11.7 Å². The molecule has 1 unspecified atom stereocenters. The fourth-order valence-corrected chi connectivity index (χ4v) is 2.13. The summed E-state index contributed by atoms with van der Waals surface area (Å²) in [6, 6.07) is 3.18. The first-order valence-corrected chi connectivity index (χ1v) is 6.03. The van der Waals surface area contributed by atoms with Gasteiger partial charge in [-0.3, -0.25) is 10.1 Å². The molecule has 2 N–H and O–H groups in total. The predicted molar refractivity (Wildman–Crippen MR) is 71.1 cm³/mol. The molecule has 2 rings (SSSR count). The topological polar surface area (TPSA) is 85.7 Å². The van der Waals surface area contributed by atoms with Gasteiger partial charge in [0.1, 0.15) is 5.69 Å². The second kappa shape index (κ2) is 5.75. The molecule has 1 heterocycles. The molecule has 1 saturated heterocycles. The van der Waals surface area contributed by atoms with Crippen LogP contribution in [0.2, 0.25) is 0 Å². The minimum Gasteiger partial charge on any atom is -0.493 e. The Balaban J connectivity index is 2.35. The van der Waals surface area contributed by atoms with Crippen molar-refractivity contribution >= 4 is 11.4 Å². The molecule has 1 aromatic rings. The molecule has 1 aliphatic heterocycles. The third-order valence-corrected chi connectivity index (χ3v) is 3.12. The third-order valence-electron chi connectivity index (χ3n) is 3.12. The number of ether oxygens (including phenoxy) is 2. The van der Waals surface area contributed by atoms with Gasteiger partial charge >= 0.3 is 0 Å². The van der Waals surface area contributed by atoms with E-state index in [9.17, 15) is 10.1 Å². The quantitative estimate of drug-likeness (QED) is 0.619. The summed E-state index contributed by atoms with van der Waals surface area (Å²) in [5.41, 5.74) is 0.445. The van der Waals surface area contributed by atoms with Crippen molar-refractivity contribution in [3.05, 3.63) is 22.2 Å². The van der Waals surface area contributed by atoms with E-state index >= 15 is 0 Å². The van der Waals surface area contributed by atoms with Crippen LogP contribution in [-0.4, -0.2) is 38.3 Å². The minimum atomic E-state index is -0.424. The first-order valence-electron chi connectivity index (χ1n) is 6.03. The van der Waals surface area contributed by atoms with Crippen molar-refractivity contribution in [1.29, 1.82) is 0 Å². The summed E-state index contributed by atoms with van der Waals surface area (Å²) < 4.78 is 10.3. The van der Waals surface area contributed by atoms with Gasteiger partial charge in [-0.25, -0.2) is 0 Å². The number of methoxy groups -OCH3 is 2. The number of nitrogens with zero attached hydrogens (tertiary/aromatic N) is 1. The molecule has 7 heteroatoms. The fraction of sp³-hybridized carbons (Fsp3) is 0.500. The molecule has 0 spiro atoms. The van der Waals surface area contributed by atoms with Gasteiger partial charge in [-0.05, 0) is 13.0 Å². The number of nitro groups is 1. The molecule has 0 radical (unpaired) electrons. The van der Waals surface area contributed by atoms with E-state index in [1.165, 1.54) is 20.3 Å². The highest BCUT2D eigenvalue weighted by atomic mass is 16.6. The van der Waals surface area contributed by atoms with E-state index in [1.54, 1.807) is 6.07 Å². The van der Waals surface area contributed by atoms with E-state index in [0.717, 1.165) is 19.5 Å². The van der Waals surface area contributed by atoms with E-state index < -0.39 is 4.92 Å².